The van der Waals surface area contributed by atoms with Gasteiger partial charge < -0.3 is 14.4 Å². The van der Waals surface area contributed by atoms with Gasteiger partial charge in [0.1, 0.15) is 0 Å². The molecule has 0 aromatic heterocycles. The van der Waals surface area contributed by atoms with Crippen LogP contribution in [0.1, 0.15) is 30.9 Å². The summed E-state index contributed by atoms with van der Waals surface area (Å²) in [5.74, 6) is 0.957. The van der Waals surface area contributed by atoms with Gasteiger partial charge in [0.25, 0.3) is 0 Å². The number of fused-ring (bicyclic) bond motifs is 2. The van der Waals surface area contributed by atoms with Crippen LogP contribution in [0.25, 0.3) is 0 Å². The minimum atomic E-state index is -0.361. The molecule has 6 nitrogen and oxygen atoms in total. The first-order valence-electron chi connectivity index (χ1n) is 8.95. The van der Waals surface area contributed by atoms with E-state index in [4.69, 9.17) is 9.47 Å². The van der Waals surface area contributed by atoms with E-state index in [-0.39, 0.29) is 29.6 Å². The first kappa shape index (κ1) is 17.4. The van der Waals surface area contributed by atoms with E-state index >= 15 is 0 Å². The smallest absolute Gasteiger partial charge is 0.231 e. The van der Waals surface area contributed by atoms with Gasteiger partial charge >= 0.3 is 0 Å². The Labute approximate surface area is 158 Å². The second-order valence-electron chi connectivity index (χ2n) is 7.49. The molecule has 0 aliphatic carbocycles. The molecule has 2 heterocycles. The molecule has 0 radical (unpaired) electrons. The highest BCUT2D eigenvalue weighted by molar-refractivity contribution is 5.70. The van der Waals surface area contributed by atoms with Crippen molar-refractivity contribution in [3.05, 3.63) is 75.5 Å². The number of nitro groups is 1. The van der Waals surface area contributed by atoms with Gasteiger partial charge in [0.15, 0.2) is 11.5 Å². The van der Waals surface area contributed by atoms with E-state index in [2.05, 4.69) is 30.9 Å². The fourth-order valence-corrected chi connectivity index (χ4v) is 4.05. The monoisotopic (exact) mass is 366 g/mol. The third-order valence-corrected chi connectivity index (χ3v) is 5.47. The minimum Gasteiger partial charge on any atom is -0.454 e. The molecular formula is C21H22N2O4. The number of para-hydroxylation sites is 1. The van der Waals surface area contributed by atoms with E-state index in [0.29, 0.717) is 11.5 Å². The fourth-order valence-electron chi connectivity index (χ4n) is 4.05. The van der Waals surface area contributed by atoms with Crippen LogP contribution in [-0.2, 0) is 5.41 Å². The van der Waals surface area contributed by atoms with Crippen LogP contribution in [0.3, 0.4) is 0 Å². The number of likely N-dealkylation sites (N-methyl/N-ethyl adjacent to an activating group) is 1. The van der Waals surface area contributed by atoms with Gasteiger partial charge in [-0.25, -0.2) is 0 Å². The quantitative estimate of drug-likeness (QED) is 0.602. The lowest BCUT2D eigenvalue weighted by Crippen LogP contribution is -2.25. The number of ether oxygens (including phenoxy) is 2. The molecule has 2 aliphatic rings. The van der Waals surface area contributed by atoms with Gasteiger partial charge in [-0.15, -0.1) is 0 Å². The maximum atomic E-state index is 11.4. The fraction of sp³-hybridized carbons (Fsp3) is 0.333. The standard InChI is InChI=1S/C21H22N2O4/c1-21(2)16-6-4-5-7-17(16)22(3)20(21)11-15(12-23(24)25)14-8-9-18-19(10-14)27-13-26-18/h4-11,15H,12-13H2,1-3H3/t15-/m1/s1. The van der Waals surface area contributed by atoms with E-state index in [1.54, 1.807) is 0 Å². The van der Waals surface area contributed by atoms with Crippen LogP contribution in [0.5, 0.6) is 11.5 Å². The van der Waals surface area contributed by atoms with Crippen molar-refractivity contribution in [3.63, 3.8) is 0 Å². The summed E-state index contributed by atoms with van der Waals surface area (Å²) in [6, 6.07) is 13.8. The maximum Gasteiger partial charge on any atom is 0.231 e. The summed E-state index contributed by atoms with van der Waals surface area (Å²) < 4.78 is 10.8. The van der Waals surface area contributed by atoms with Crippen molar-refractivity contribution in [3.8, 4) is 11.5 Å². The number of hydrogen-bond acceptors (Lipinski definition) is 5. The molecule has 27 heavy (non-hydrogen) atoms. The average molecular weight is 366 g/mol. The molecular weight excluding hydrogens is 344 g/mol. The Bertz CT molecular complexity index is 936. The summed E-state index contributed by atoms with van der Waals surface area (Å²) in [5.41, 5.74) is 4.05. The van der Waals surface area contributed by atoms with Gasteiger partial charge in [-0.1, -0.05) is 44.2 Å². The molecule has 0 saturated heterocycles. The van der Waals surface area contributed by atoms with Gasteiger partial charge in [0.05, 0.1) is 5.92 Å². The zero-order valence-corrected chi connectivity index (χ0v) is 15.6. The lowest BCUT2D eigenvalue weighted by Gasteiger charge is -2.26. The Balaban J connectivity index is 1.77. The van der Waals surface area contributed by atoms with E-state index < -0.39 is 0 Å². The lowest BCUT2D eigenvalue weighted by atomic mass is 9.82. The van der Waals surface area contributed by atoms with Crippen molar-refractivity contribution in [1.82, 2.24) is 0 Å². The predicted octanol–water partition coefficient (Wildman–Crippen LogP) is 4.09. The summed E-state index contributed by atoms with van der Waals surface area (Å²) in [7, 11) is 2.02. The predicted molar refractivity (Wildman–Crippen MR) is 103 cm³/mol. The first-order chi connectivity index (χ1) is 12.9. The van der Waals surface area contributed by atoms with Crippen LogP contribution >= 0.6 is 0 Å². The number of anilines is 1. The number of allylic oxidation sites excluding steroid dienone is 1. The van der Waals surface area contributed by atoms with Crippen LogP contribution in [-0.4, -0.2) is 25.3 Å². The topological polar surface area (TPSA) is 64.8 Å². The molecule has 0 fully saturated rings. The second kappa shape index (κ2) is 6.30. The highest BCUT2D eigenvalue weighted by Gasteiger charge is 2.39. The average Bonchev–Trinajstić information content (AvgIpc) is 3.18. The number of rotatable bonds is 4. The number of hydrogen-bond donors (Lipinski definition) is 0. The second-order valence-corrected chi connectivity index (χ2v) is 7.49. The molecule has 0 spiro atoms. The molecule has 2 aromatic rings. The molecule has 0 bridgehead atoms. The Morgan fingerprint density at radius 2 is 1.96 bits per heavy atom. The highest BCUT2D eigenvalue weighted by Crippen LogP contribution is 2.47. The summed E-state index contributed by atoms with van der Waals surface area (Å²) in [4.78, 5) is 13.2. The van der Waals surface area contributed by atoms with Crippen molar-refractivity contribution in [2.75, 3.05) is 25.3 Å². The molecule has 1 atom stereocenters. The van der Waals surface area contributed by atoms with Crippen molar-refractivity contribution in [1.29, 1.82) is 0 Å². The highest BCUT2D eigenvalue weighted by atomic mass is 16.7. The Hall–Kier alpha value is -3.02. The first-order valence-corrected chi connectivity index (χ1v) is 8.95. The van der Waals surface area contributed by atoms with Gasteiger partial charge in [0.2, 0.25) is 13.3 Å². The molecule has 2 aliphatic heterocycles. The number of benzene rings is 2. The van der Waals surface area contributed by atoms with E-state index in [0.717, 1.165) is 16.9 Å². The summed E-state index contributed by atoms with van der Waals surface area (Å²) in [6.45, 7) is 4.32. The Morgan fingerprint density at radius 3 is 2.70 bits per heavy atom. The summed E-state index contributed by atoms with van der Waals surface area (Å²) >= 11 is 0. The SMILES string of the molecule is CN1C(=C[C@H](C[N+](=O)[O-])c2ccc3c(c2)OCO3)C(C)(C)c2ccccc21. The Kier molecular flexibility index (Phi) is 4.06. The van der Waals surface area contributed by atoms with Gasteiger partial charge in [-0.05, 0) is 29.3 Å². The summed E-state index contributed by atoms with van der Waals surface area (Å²) in [6.07, 6.45) is 2.03. The zero-order chi connectivity index (χ0) is 19.2. The van der Waals surface area contributed by atoms with E-state index in [9.17, 15) is 10.1 Å². The summed E-state index contributed by atoms with van der Waals surface area (Å²) in [5, 5.41) is 11.4. The third-order valence-electron chi connectivity index (χ3n) is 5.47. The molecule has 0 N–H and O–H groups in total. The van der Waals surface area contributed by atoms with Gasteiger partial charge in [-0.3, -0.25) is 10.1 Å². The molecule has 0 amide bonds. The molecule has 140 valence electrons. The molecule has 6 heteroatoms. The minimum absolute atomic E-state index is 0.177. The van der Waals surface area contributed by atoms with E-state index in [1.165, 1.54) is 5.56 Å². The maximum absolute atomic E-state index is 11.4. The molecule has 0 saturated carbocycles. The van der Waals surface area contributed by atoms with Crippen LogP contribution in [0.2, 0.25) is 0 Å². The molecule has 2 aromatic carbocycles. The van der Waals surface area contributed by atoms with Gasteiger partial charge in [0, 0.05) is 28.8 Å². The largest absolute Gasteiger partial charge is 0.454 e. The van der Waals surface area contributed by atoms with Crippen molar-refractivity contribution in [2.24, 2.45) is 0 Å². The van der Waals surface area contributed by atoms with Crippen LogP contribution < -0.4 is 14.4 Å². The van der Waals surface area contributed by atoms with E-state index in [1.807, 2.05) is 43.5 Å². The third kappa shape index (κ3) is 2.91. The molecule has 4 rings (SSSR count). The number of nitrogens with zero attached hydrogens (tertiary/aromatic N) is 2. The normalized spacial score (nSPS) is 19.2. The Morgan fingerprint density at radius 1 is 1.22 bits per heavy atom. The van der Waals surface area contributed by atoms with Crippen molar-refractivity contribution in [2.45, 2.75) is 25.2 Å². The van der Waals surface area contributed by atoms with Crippen LogP contribution in [0.15, 0.2) is 54.2 Å². The van der Waals surface area contributed by atoms with Crippen LogP contribution in [0, 0.1) is 10.1 Å². The zero-order valence-electron chi connectivity index (χ0n) is 15.6. The van der Waals surface area contributed by atoms with Crippen LogP contribution in [0.4, 0.5) is 5.69 Å². The molecule has 0 unspecified atom stereocenters. The van der Waals surface area contributed by atoms with Crippen molar-refractivity contribution >= 4 is 5.69 Å². The lowest BCUT2D eigenvalue weighted by molar-refractivity contribution is -0.481. The van der Waals surface area contributed by atoms with Crippen molar-refractivity contribution < 1.29 is 14.4 Å². The van der Waals surface area contributed by atoms with Gasteiger partial charge in [-0.2, -0.15) is 0 Å².